The Morgan fingerprint density at radius 2 is 1.74 bits per heavy atom. The largest absolute Gasteiger partial charge is 0.391 e. The number of aliphatic hydroxyl groups is 1. The zero-order valence-electron chi connectivity index (χ0n) is 13.7. The van der Waals surface area contributed by atoms with E-state index in [0.717, 1.165) is 0 Å². The van der Waals surface area contributed by atoms with E-state index in [0.29, 0.717) is 11.1 Å². The van der Waals surface area contributed by atoms with Gasteiger partial charge in [0.2, 0.25) is 0 Å². The highest BCUT2D eigenvalue weighted by Gasteiger charge is 2.25. The summed E-state index contributed by atoms with van der Waals surface area (Å²) in [5, 5.41) is 31.3. The summed E-state index contributed by atoms with van der Waals surface area (Å²) in [6.45, 7) is 1.30. The summed E-state index contributed by atoms with van der Waals surface area (Å²) in [6, 6.07) is 10.9. The number of hydroxylamine groups is 1. The summed E-state index contributed by atoms with van der Waals surface area (Å²) in [5.41, 5.74) is 2.85. The first kappa shape index (κ1) is 21.7. The number of nitro groups is 1. The van der Waals surface area contributed by atoms with Gasteiger partial charge >= 0.3 is 0 Å². The van der Waals surface area contributed by atoms with Crippen LogP contribution in [0.25, 0.3) is 11.1 Å². The van der Waals surface area contributed by atoms with E-state index in [2.05, 4.69) is 5.32 Å². The van der Waals surface area contributed by atoms with Crippen LogP contribution in [-0.2, 0) is 4.79 Å². The molecule has 0 bridgehead atoms. The monoisotopic (exact) mass is 375 g/mol. The first-order valence-electron chi connectivity index (χ1n) is 7.61. The van der Waals surface area contributed by atoms with E-state index < -0.39 is 28.9 Å². The Morgan fingerprint density at radius 1 is 1.11 bits per heavy atom. The summed E-state index contributed by atoms with van der Waals surface area (Å²) in [5.74, 6) is -1.56. The molecule has 2 amide bonds. The van der Waals surface area contributed by atoms with Gasteiger partial charge in [-0.1, -0.05) is 31.7 Å². The molecule has 9 nitrogen and oxygen atoms in total. The Balaban J connectivity index is 0.00000364. The minimum absolute atomic E-state index is 0. The molecule has 0 radical (unpaired) electrons. The van der Waals surface area contributed by atoms with E-state index in [1.165, 1.54) is 36.7 Å². The zero-order chi connectivity index (χ0) is 19.3. The molecule has 2 atom stereocenters. The van der Waals surface area contributed by atoms with Crippen molar-refractivity contribution in [2.24, 2.45) is 0 Å². The standard InChI is InChI=1S/C17H17N3O6.CH4/c1-10(21)15(17(23)19-24)18-16(22)12-7-5-11(6-8-12)13-3-2-4-14(9-13)20(25)26;/h2-10,15,21,24H,1H3,(H,18,22)(H,19,23);1H4/t10-,15+;/m1./s1. The highest BCUT2D eigenvalue weighted by Crippen LogP contribution is 2.24. The molecule has 0 aliphatic heterocycles. The first-order chi connectivity index (χ1) is 12.3. The fraction of sp³-hybridized carbons (Fsp3) is 0.222. The summed E-state index contributed by atoms with van der Waals surface area (Å²) < 4.78 is 0. The normalized spacial score (nSPS) is 12.3. The van der Waals surface area contributed by atoms with Crippen LogP contribution >= 0.6 is 0 Å². The van der Waals surface area contributed by atoms with E-state index >= 15 is 0 Å². The Hall–Kier alpha value is -3.30. The van der Waals surface area contributed by atoms with Crippen LogP contribution in [0.2, 0.25) is 0 Å². The van der Waals surface area contributed by atoms with Gasteiger partial charge in [-0.25, -0.2) is 5.48 Å². The molecular weight excluding hydrogens is 354 g/mol. The lowest BCUT2D eigenvalue weighted by molar-refractivity contribution is -0.384. The fourth-order valence-corrected chi connectivity index (χ4v) is 2.31. The maximum absolute atomic E-state index is 12.2. The van der Waals surface area contributed by atoms with Crippen LogP contribution in [-0.4, -0.2) is 39.2 Å². The fourth-order valence-electron chi connectivity index (χ4n) is 2.31. The van der Waals surface area contributed by atoms with Crippen LogP contribution < -0.4 is 10.8 Å². The molecule has 0 spiro atoms. The van der Waals surface area contributed by atoms with E-state index in [1.807, 2.05) is 0 Å². The van der Waals surface area contributed by atoms with E-state index in [-0.39, 0.29) is 18.7 Å². The van der Waals surface area contributed by atoms with E-state index in [1.54, 1.807) is 24.3 Å². The predicted octanol–water partition coefficient (Wildman–Crippen LogP) is 1.88. The third-order valence-electron chi connectivity index (χ3n) is 3.70. The van der Waals surface area contributed by atoms with Gasteiger partial charge < -0.3 is 10.4 Å². The number of rotatable bonds is 6. The number of carbonyl (C=O) groups is 2. The van der Waals surface area contributed by atoms with Crippen LogP contribution in [0.1, 0.15) is 24.7 Å². The molecule has 0 fully saturated rings. The molecule has 2 aromatic carbocycles. The van der Waals surface area contributed by atoms with Gasteiger partial charge in [0, 0.05) is 17.7 Å². The summed E-state index contributed by atoms with van der Waals surface area (Å²) in [4.78, 5) is 34.0. The van der Waals surface area contributed by atoms with Crippen molar-refractivity contribution in [3.8, 4) is 11.1 Å². The zero-order valence-corrected chi connectivity index (χ0v) is 13.7. The lowest BCUT2D eigenvalue weighted by Gasteiger charge is -2.19. The number of nitrogens with one attached hydrogen (secondary N) is 2. The van der Waals surface area contributed by atoms with Crippen LogP contribution in [0.15, 0.2) is 48.5 Å². The van der Waals surface area contributed by atoms with Gasteiger partial charge in [0.15, 0.2) is 0 Å². The number of non-ortho nitro benzene ring substituents is 1. The van der Waals surface area contributed by atoms with Crippen molar-refractivity contribution in [1.29, 1.82) is 0 Å². The third kappa shape index (κ3) is 5.33. The Labute approximate surface area is 155 Å². The van der Waals surface area contributed by atoms with Gasteiger partial charge in [-0.2, -0.15) is 0 Å². The maximum Gasteiger partial charge on any atom is 0.270 e. The second kappa shape index (κ2) is 9.41. The van der Waals surface area contributed by atoms with Gasteiger partial charge in [-0.3, -0.25) is 24.9 Å². The molecule has 0 saturated carbocycles. The topological polar surface area (TPSA) is 142 Å². The van der Waals surface area contributed by atoms with Crippen LogP contribution in [0.5, 0.6) is 0 Å². The van der Waals surface area contributed by atoms with Crippen molar-refractivity contribution < 1.29 is 24.8 Å². The van der Waals surface area contributed by atoms with Crippen molar-refractivity contribution in [2.75, 3.05) is 0 Å². The van der Waals surface area contributed by atoms with Crippen molar-refractivity contribution in [1.82, 2.24) is 10.8 Å². The van der Waals surface area contributed by atoms with Crippen molar-refractivity contribution in [2.45, 2.75) is 26.5 Å². The number of carbonyl (C=O) groups excluding carboxylic acids is 2. The molecule has 0 aliphatic rings. The van der Waals surface area contributed by atoms with Gasteiger partial charge in [0.25, 0.3) is 17.5 Å². The lowest BCUT2D eigenvalue weighted by Crippen LogP contribution is -2.51. The average molecular weight is 375 g/mol. The first-order valence-corrected chi connectivity index (χ1v) is 7.61. The number of hydrogen-bond donors (Lipinski definition) is 4. The lowest BCUT2D eigenvalue weighted by atomic mass is 10.0. The second-order valence-corrected chi connectivity index (χ2v) is 5.55. The third-order valence-corrected chi connectivity index (χ3v) is 3.70. The molecule has 0 saturated heterocycles. The van der Waals surface area contributed by atoms with Crippen LogP contribution in [0, 0.1) is 10.1 Å². The summed E-state index contributed by atoms with van der Waals surface area (Å²) >= 11 is 0. The smallest absolute Gasteiger partial charge is 0.270 e. The van der Waals surface area contributed by atoms with E-state index in [9.17, 15) is 24.8 Å². The molecule has 0 aromatic heterocycles. The number of nitro benzene ring substituents is 1. The van der Waals surface area contributed by atoms with Gasteiger partial charge in [-0.15, -0.1) is 0 Å². The second-order valence-electron chi connectivity index (χ2n) is 5.55. The van der Waals surface area contributed by atoms with Crippen molar-refractivity contribution in [3.63, 3.8) is 0 Å². The number of nitrogens with zero attached hydrogens (tertiary/aromatic N) is 1. The predicted molar refractivity (Wildman–Crippen MR) is 98.1 cm³/mol. The SMILES string of the molecule is C.C[C@@H](O)[C@H](NC(=O)c1ccc(-c2cccc([N+](=O)[O-])c2)cc1)C(=O)NO. The van der Waals surface area contributed by atoms with Crippen molar-refractivity contribution >= 4 is 17.5 Å². The number of hydrogen-bond acceptors (Lipinski definition) is 6. The number of aliphatic hydroxyl groups excluding tert-OH is 1. The molecule has 0 unspecified atom stereocenters. The Morgan fingerprint density at radius 3 is 2.26 bits per heavy atom. The highest BCUT2D eigenvalue weighted by atomic mass is 16.6. The van der Waals surface area contributed by atoms with Crippen molar-refractivity contribution in [3.05, 3.63) is 64.2 Å². The van der Waals surface area contributed by atoms with Crippen LogP contribution in [0.4, 0.5) is 5.69 Å². The Kier molecular flexibility index (Phi) is 7.58. The Bertz CT molecular complexity index is 820. The molecule has 27 heavy (non-hydrogen) atoms. The van der Waals surface area contributed by atoms with E-state index in [4.69, 9.17) is 5.21 Å². The average Bonchev–Trinajstić information content (AvgIpc) is 2.65. The van der Waals surface area contributed by atoms with Gasteiger partial charge in [-0.05, 0) is 30.2 Å². The summed E-state index contributed by atoms with van der Waals surface area (Å²) in [6.07, 6.45) is -1.21. The minimum Gasteiger partial charge on any atom is -0.391 e. The molecule has 9 heteroatoms. The highest BCUT2D eigenvalue weighted by molar-refractivity contribution is 5.97. The molecule has 0 aliphatic carbocycles. The maximum atomic E-state index is 12.2. The molecule has 2 aromatic rings. The number of amides is 2. The number of benzene rings is 2. The van der Waals surface area contributed by atoms with Crippen LogP contribution in [0.3, 0.4) is 0 Å². The minimum atomic E-state index is -1.32. The molecule has 4 N–H and O–H groups in total. The van der Waals surface area contributed by atoms with Gasteiger partial charge in [0.05, 0.1) is 11.0 Å². The quantitative estimate of drug-likeness (QED) is 0.345. The molecule has 2 rings (SSSR count). The molecule has 0 heterocycles. The van der Waals surface area contributed by atoms with Gasteiger partial charge in [0.1, 0.15) is 6.04 Å². The molecule has 144 valence electrons. The molecular formula is C18H21N3O6. The summed E-state index contributed by atoms with van der Waals surface area (Å²) in [7, 11) is 0.